The maximum Gasteiger partial charge on any atom is 0.317 e. The molecule has 2 nitrogen and oxygen atoms in total. The summed E-state index contributed by atoms with van der Waals surface area (Å²) < 4.78 is 4.23. The summed E-state index contributed by atoms with van der Waals surface area (Å²) in [7, 11) is 0. The molecule has 0 aromatic rings. The van der Waals surface area contributed by atoms with Crippen LogP contribution in [0.25, 0.3) is 0 Å². The van der Waals surface area contributed by atoms with Crippen LogP contribution in [0.15, 0.2) is 0 Å². The van der Waals surface area contributed by atoms with Crippen molar-refractivity contribution in [1.29, 1.82) is 0 Å². The Bertz CT molecular complexity index is 72.8. The third-order valence-electron chi connectivity index (χ3n) is 0.821. The maximum absolute atomic E-state index is 10.3. The van der Waals surface area contributed by atoms with Gasteiger partial charge in [-0.1, -0.05) is 13.3 Å². The molecule has 0 unspecified atom stereocenters. The van der Waals surface area contributed by atoms with E-state index in [1.165, 1.54) is 0 Å². The van der Waals surface area contributed by atoms with E-state index in [0.717, 1.165) is 12.8 Å². The molecule has 0 radical (unpaired) electrons. The van der Waals surface area contributed by atoms with E-state index in [0.29, 0.717) is 6.42 Å². The van der Waals surface area contributed by atoms with Gasteiger partial charge in [-0.2, -0.15) is 0 Å². The normalized spacial score (nSPS) is 8.75. The number of carbonyl (C=O) groups excluding carboxylic acids is 1. The lowest BCUT2D eigenvalue weighted by Gasteiger charge is -1.90. The van der Waals surface area contributed by atoms with Gasteiger partial charge in [0.2, 0.25) is 0 Å². The third kappa shape index (κ3) is 4.12. The lowest BCUT2D eigenvalue weighted by atomic mass is 10.3. The molecule has 0 spiro atoms. The van der Waals surface area contributed by atoms with E-state index < -0.39 is 0 Å². The minimum absolute atomic E-state index is 0.188. The molecule has 48 valence electrons. The van der Waals surface area contributed by atoms with Crippen molar-refractivity contribution in [1.82, 2.24) is 0 Å². The summed E-state index contributed by atoms with van der Waals surface area (Å²) in [6, 6.07) is 0. The van der Waals surface area contributed by atoms with Crippen molar-refractivity contribution >= 4 is 22.2 Å². The quantitative estimate of drug-likeness (QED) is 0.665. The molecule has 8 heavy (non-hydrogen) atoms. The molecule has 0 rings (SSSR count). The fourth-order valence-corrected chi connectivity index (χ4v) is 0.522. The van der Waals surface area contributed by atoms with Gasteiger partial charge >= 0.3 is 5.97 Å². The molecule has 0 amide bonds. The van der Waals surface area contributed by atoms with Crippen LogP contribution >= 0.6 is 16.3 Å². The first-order chi connectivity index (χ1) is 3.81. The molecule has 0 aliphatic heterocycles. The zero-order valence-electron chi connectivity index (χ0n) is 4.82. The fourth-order valence-electron chi connectivity index (χ4n) is 0.360. The Kier molecular flexibility index (Phi) is 5.06. The molecule has 0 N–H and O–H groups in total. The Morgan fingerprint density at radius 1 is 1.75 bits per heavy atom. The van der Waals surface area contributed by atoms with E-state index in [1.807, 2.05) is 6.92 Å². The number of carbonyl (C=O) groups is 1. The van der Waals surface area contributed by atoms with Crippen LogP contribution in [0.2, 0.25) is 0 Å². The predicted molar refractivity (Wildman–Crippen MR) is 34.5 cm³/mol. The summed E-state index contributed by atoms with van der Waals surface area (Å²) >= 11 is 2.60. The number of hydrogen-bond donors (Lipinski definition) is 0. The topological polar surface area (TPSA) is 26.3 Å². The minimum Gasteiger partial charge on any atom is -0.384 e. The molecule has 0 fully saturated rings. The Hall–Kier alpha value is -0.0500. The Labute approximate surface area is 57.7 Å². The number of unbranched alkanes of at least 4 members (excludes halogenated alkanes) is 1. The molecule has 0 saturated carbocycles. The van der Waals surface area contributed by atoms with Crippen LogP contribution in [0.4, 0.5) is 0 Å². The molecule has 0 bridgehead atoms. The summed E-state index contributed by atoms with van der Waals surface area (Å²) in [6.07, 6.45) is 2.45. The second-order valence-electron chi connectivity index (χ2n) is 1.55. The molecule has 0 aromatic heterocycles. The lowest BCUT2D eigenvalue weighted by Crippen LogP contribution is -1.94. The van der Waals surface area contributed by atoms with E-state index >= 15 is 0 Å². The SMILES string of the molecule is CCCCC(=O)OBr. The van der Waals surface area contributed by atoms with E-state index in [-0.39, 0.29) is 5.97 Å². The van der Waals surface area contributed by atoms with Gasteiger partial charge in [-0.25, -0.2) is 0 Å². The van der Waals surface area contributed by atoms with Gasteiger partial charge in [-0.15, -0.1) is 0 Å². The van der Waals surface area contributed by atoms with E-state index in [1.54, 1.807) is 0 Å². The predicted octanol–water partition coefficient (Wildman–Crippen LogP) is 2.03. The Balaban J connectivity index is 2.99. The van der Waals surface area contributed by atoms with Crippen molar-refractivity contribution < 1.29 is 8.62 Å². The van der Waals surface area contributed by atoms with Gasteiger partial charge in [0.15, 0.2) is 16.3 Å². The van der Waals surface area contributed by atoms with Crippen LogP contribution in [0, 0.1) is 0 Å². The van der Waals surface area contributed by atoms with Crippen LogP contribution in [-0.4, -0.2) is 5.97 Å². The highest BCUT2D eigenvalue weighted by Crippen LogP contribution is 1.98. The van der Waals surface area contributed by atoms with Gasteiger partial charge in [0.1, 0.15) is 0 Å². The van der Waals surface area contributed by atoms with Crippen LogP contribution in [-0.2, 0) is 8.62 Å². The van der Waals surface area contributed by atoms with E-state index in [9.17, 15) is 4.79 Å². The van der Waals surface area contributed by atoms with E-state index in [4.69, 9.17) is 0 Å². The number of hydrogen-bond acceptors (Lipinski definition) is 2. The van der Waals surface area contributed by atoms with Gasteiger partial charge in [-0.3, -0.25) is 4.79 Å². The van der Waals surface area contributed by atoms with Crippen LogP contribution in [0.3, 0.4) is 0 Å². The van der Waals surface area contributed by atoms with Crippen molar-refractivity contribution in [3.8, 4) is 0 Å². The fraction of sp³-hybridized carbons (Fsp3) is 0.800. The zero-order chi connectivity index (χ0) is 6.41. The largest absolute Gasteiger partial charge is 0.384 e. The van der Waals surface area contributed by atoms with Gasteiger partial charge in [-0.05, 0) is 6.42 Å². The van der Waals surface area contributed by atoms with Gasteiger partial charge in [0.25, 0.3) is 0 Å². The average Bonchev–Trinajstić information content (AvgIpc) is 1.83. The highest BCUT2D eigenvalue weighted by atomic mass is 79.9. The van der Waals surface area contributed by atoms with Crippen molar-refractivity contribution in [3.05, 3.63) is 0 Å². The van der Waals surface area contributed by atoms with Crippen molar-refractivity contribution in [3.63, 3.8) is 0 Å². The summed E-state index contributed by atoms with van der Waals surface area (Å²) in [4.78, 5) is 10.3. The van der Waals surface area contributed by atoms with Crippen LogP contribution in [0.1, 0.15) is 26.2 Å². The summed E-state index contributed by atoms with van der Waals surface area (Å²) in [5, 5.41) is 0. The van der Waals surface area contributed by atoms with E-state index in [2.05, 4.69) is 20.1 Å². The zero-order valence-corrected chi connectivity index (χ0v) is 6.40. The molecule has 0 atom stereocenters. The minimum atomic E-state index is -0.188. The van der Waals surface area contributed by atoms with Crippen LogP contribution < -0.4 is 0 Å². The smallest absolute Gasteiger partial charge is 0.317 e. The van der Waals surface area contributed by atoms with Crippen molar-refractivity contribution in [2.24, 2.45) is 0 Å². The molecule has 3 heteroatoms. The summed E-state index contributed by atoms with van der Waals surface area (Å²) in [5.41, 5.74) is 0. The first kappa shape index (κ1) is 7.95. The molecule has 0 aliphatic rings. The Morgan fingerprint density at radius 2 is 2.38 bits per heavy atom. The molecule has 0 heterocycles. The monoisotopic (exact) mass is 180 g/mol. The van der Waals surface area contributed by atoms with Crippen molar-refractivity contribution in [2.75, 3.05) is 0 Å². The Morgan fingerprint density at radius 3 is 2.75 bits per heavy atom. The highest BCUT2D eigenvalue weighted by molar-refractivity contribution is 9.06. The summed E-state index contributed by atoms with van der Waals surface area (Å²) in [5.74, 6) is -0.188. The second-order valence-corrected chi connectivity index (χ2v) is 1.88. The number of rotatable bonds is 3. The number of halogens is 1. The summed E-state index contributed by atoms with van der Waals surface area (Å²) in [6.45, 7) is 2.03. The molecule has 0 saturated heterocycles. The maximum atomic E-state index is 10.3. The lowest BCUT2D eigenvalue weighted by molar-refractivity contribution is -0.132. The van der Waals surface area contributed by atoms with Gasteiger partial charge in [0.05, 0.1) is 0 Å². The highest BCUT2D eigenvalue weighted by Gasteiger charge is 1.96. The van der Waals surface area contributed by atoms with Gasteiger partial charge in [0, 0.05) is 6.42 Å². The molecule has 0 aromatic carbocycles. The van der Waals surface area contributed by atoms with Gasteiger partial charge < -0.3 is 3.83 Å². The molecular formula is C5H9BrO2. The molecular weight excluding hydrogens is 172 g/mol. The third-order valence-corrected chi connectivity index (χ3v) is 1.18. The molecule has 0 aliphatic carbocycles. The standard InChI is InChI=1S/C5H9BrO2/c1-2-3-4-5(7)8-6/h2-4H2,1H3. The first-order valence-electron chi connectivity index (χ1n) is 2.62. The first-order valence-corrected chi connectivity index (χ1v) is 3.27. The average molecular weight is 181 g/mol. The van der Waals surface area contributed by atoms with Crippen LogP contribution in [0.5, 0.6) is 0 Å². The van der Waals surface area contributed by atoms with Crippen molar-refractivity contribution in [2.45, 2.75) is 26.2 Å². The second kappa shape index (κ2) is 5.09.